The van der Waals surface area contributed by atoms with Crippen molar-refractivity contribution in [2.24, 2.45) is 0 Å². The van der Waals surface area contributed by atoms with Crippen LogP contribution in [0.25, 0.3) is 28.0 Å². The third-order valence-corrected chi connectivity index (χ3v) is 9.04. The predicted octanol–water partition coefficient (Wildman–Crippen LogP) is 6.02. The van der Waals surface area contributed by atoms with E-state index < -0.39 is 11.4 Å². The first kappa shape index (κ1) is 29.9. The maximum absolute atomic E-state index is 16.2. The van der Waals surface area contributed by atoms with E-state index >= 15 is 4.39 Å². The third-order valence-electron chi connectivity index (χ3n) is 8.23. The van der Waals surface area contributed by atoms with Gasteiger partial charge in [-0.3, -0.25) is 19.1 Å². The van der Waals surface area contributed by atoms with Crippen molar-refractivity contribution in [2.75, 3.05) is 24.6 Å². The minimum Gasteiger partial charge on any atom is -0.508 e. The first-order valence-electron chi connectivity index (χ1n) is 14.2. The number of aromatic hydroxyl groups is 1. The van der Waals surface area contributed by atoms with Crippen molar-refractivity contribution < 1.29 is 19.0 Å². The number of piperazine rings is 1. The fraction of sp³-hybridized carbons (Fsp3) is 0.312. The lowest BCUT2D eigenvalue weighted by Crippen LogP contribution is -2.62. The minimum absolute atomic E-state index is 0.00253. The van der Waals surface area contributed by atoms with Gasteiger partial charge in [-0.2, -0.15) is 0 Å². The molecule has 4 aromatic rings. The zero-order valence-electron chi connectivity index (χ0n) is 24.6. The first-order chi connectivity index (χ1) is 20.9. The number of halogens is 3. The zero-order valence-corrected chi connectivity index (χ0v) is 26.1. The summed E-state index contributed by atoms with van der Waals surface area (Å²) in [4.78, 5) is 40.1. The molecule has 5 heterocycles. The van der Waals surface area contributed by atoms with E-state index in [1.807, 2.05) is 32.6 Å². The summed E-state index contributed by atoms with van der Waals surface area (Å²) in [6.07, 6.45) is 2.96. The number of nitrogens with zero attached hydrogens (tertiary/aromatic N) is 5. The molecule has 0 saturated carbocycles. The van der Waals surface area contributed by atoms with Gasteiger partial charge in [0.1, 0.15) is 23.9 Å². The number of phenolic OH excluding ortho intramolecular Hbond substituents is 1. The van der Waals surface area contributed by atoms with Gasteiger partial charge >= 0.3 is 5.56 Å². The molecule has 12 heteroatoms. The zero-order chi connectivity index (χ0) is 31.6. The van der Waals surface area contributed by atoms with Crippen LogP contribution in [0, 0.1) is 12.7 Å². The van der Waals surface area contributed by atoms with E-state index in [9.17, 15) is 14.7 Å². The Labute approximate surface area is 263 Å². The molecular weight excluding hydrogens is 608 g/mol. The fourth-order valence-corrected chi connectivity index (χ4v) is 6.56. The monoisotopic (exact) mass is 637 g/mol. The highest BCUT2D eigenvalue weighted by Crippen LogP contribution is 2.43. The van der Waals surface area contributed by atoms with Crippen molar-refractivity contribution in [3.8, 4) is 28.4 Å². The Morgan fingerprint density at radius 2 is 1.98 bits per heavy atom. The fourth-order valence-electron chi connectivity index (χ4n) is 6.15. The van der Waals surface area contributed by atoms with Crippen molar-refractivity contribution in [3.05, 3.63) is 80.6 Å². The maximum Gasteiger partial charge on any atom is 0.301 e. The number of ether oxygens (including phenoxy) is 1. The second-order valence-electron chi connectivity index (χ2n) is 11.5. The number of amides is 1. The van der Waals surface area contributed by atoms with Gasteiger partial charge in [-0.05, 0) is 49.6 Å². The number of hydrogen-bond donors (Lipinski definition) is 1. The molecule has 228 valence electrons. The maximum atomic E-state index is 16.2. The number of aryl methyl sites for hydroxylation is 1. The summed E-state index contributed by atoms with van der Waals surface area (Å²) in [6.45, 7) is 12.2. The van der Waals surface area contributed by atoms with Gasteiger partial charge in [-0.1, -0.05) is 43.6 Å². The van der Waals surface area contributed by atoms with Crippen LogP contribution in [-0.4, -0.2) is 62.2 Å². The van der Waals surface area contributed by atoms with Crippen LogP contribution in [0.3, 0.4) is 0 Å². The summed E-state index contributed by atoms with van der Waals surface area (Å²) in [7, 11) is 0. The highest BCUT2D eigenvalue weighted by atomic mass is 35.5. The van der Waals surface area contributed by atoms with Gasteiger partial charge in [-0.15, -0.1) is 0 Å². The first-order valence-corrected chi connectivity index (χ1v) is 14.9. The highest BCUT2D eigenvalue weighted by molar-refractivity contribution is 6.43. The molecule has 1 N–H and O–H groups in total. The molecule has 0 aliphatic carbocycles. The Morgan fingerprint density at radius 3 is 2.68 bits per heavy atom. The van der Waals surface area contributed by atoms with Crippen LogP contribution in [0.2, 0.25) is 10.0 Å². The second-order valence-corrected chi connectivity index (χ2v) is 12.3. The minimum atomic E-state index is -0.740. The average molecular weight is 639 g/mol. The van der Waals surface area contributed by atoms with Crippen molar-refractivity contribution >= 4 is 45.8 Å². The lowest BCUT2D eigenvalue weighted by Gasteiger charge is -2.48. The molecule has 2 aliphatic heterocycles. The molecule has 0 bridgehead atoms. The van der Waals surface area contributed by atoms with Gasteiger partial charge in [0, 0.05) is 42.3 Å². The SMILES string of the molecule is C=CC(=O)N1CC2COc3c(c4cc(F)c(-c5cc(O)cc(Cl)c5Cl)nc4n(-c4c(C)ccnc4C(C)C)c3=O)N2CC1C. The van der Waals surface area contributed by atoms with Gasteiger partial charge in [0.15, 0.2) is 5.65 Å². The summed E-state index contributed by atoms with van der Waals surface area (Å²) in [5.41, 5.74) is 1.89. The standard InChI is InChI=1S/C32H30Cl2FN5O4/c1-6-24(42)38-13-18-14-44-30-29(39(18)12-17(38)5)21-11-23(35)27(20-9-19(41)10-22(33)25(20)34)37-31(21)40(32(30)43)28-16(4)7-8-36-26(28)15(2)3/h6-11,15,17-18,41H,1,12-14H2,2-5H3. The molecule has 9 nitrogen and oxygen atoms in total. The topological polar surface area (TPSA) is 101 Å². The molecule has 44 heavy (non-hydrogen) atoms. The van der Waals surface area contributed by atoms with Crippen LogP contribution in [0.5, 0.6) is 11.5 Å². The number of aromatic nitrogens is 3. The number of benzene rings is 1. The molecule has 6 rings (SSSR count). The smallest absolute Gasteiger partial charge is 0.301 e. The van der Waals surface area contributed by atoms with Gasteiger partial charge in [-0.25, -0.2) is 9.37 Å². The van der Waals surface area contributed by atoms with Crippen molar-refractivity contribution in [3.63, 3.8) is 0 Å². The summed E-state index contributed by atoms with van der Waals surface area (Å²) < 4.78 is 23.8. The van der Waals surface area contributed by atoms with Gasteiger partial charge < -0.3 is 19.6 Å². The molecule has 1 saturated heterocycles. The Bertz CT molecular complexity index is 1930. The number of hydrogen-bond acceptors (Lipinski definition) is 7. The number of anilines is 1. The molecule has 1 aromatic carbocycles. The highest BCUT2D eigenvalue weighted by Gasteiger charge is 2.41. The lowest BCUT2D eigenvalue weighted by atomic mass is 10.0. The molecule has 3 aromatic heterocycles. The number of carbonyl (C=O) groups excluding carboxylic acids is 1. The molecule has 1 amide bonds. The third kappa shape index (κ3) is 4.68. The van der Waals surface area contributed by atoms with E-state index in [0.717, 1.165) is 5.56 Å². The molecular formula is C32H30Cl2FN5O4. The van der Waals surface area contributed by atoms with Crippen LogP contribution in [0.1, 0.15) is 37.9 Å². The summed E-state index contributed by atoms with van der Waals surface area (Å²) in [5, 5.41) is 10.6. The molecule has 0 spiro atoms. The van der Waals surface area contributed by atoms with E-state index in [0.29, 0.717) is 35.5 Å². The summed E-state index contributed by atoms with van der Waals surface area (Å²) >= 11 is 12.7. The number of fused-ring (bicyclic) bond motifs is 5. The molecule has 1 fully saturated rings. The average Bonchev–Trinajstić information content (AvgIpc) is 2.98. The molecule has 2 atom stereocenters. The molecule has 2 unspecified atom stereocenters. The Kier molecular flexibility index (Phi) is 7.53. The largest absolute Gasteiger partial charge is 0.508 e. The molecule has 2 aliphatic rings. The number of phenols is 1. The van der Waals surface area contributed by atoms with Crippen molar-refractivity contribution in [2.45, 2.75) is 45.7 Å². The van der Waals surface area contributed by atoms with Crippen LogP contribution in [0.4, 0.5) is 10.1 Å². The number of pyridine rings is 3. The van der Waals surface area contributed by atoms with Gasteiger partial charge in [0.2, 0.25) is 11.7 Å². The number of rotatable bonds is 4. The van der Waals surface area contributed by atoms with Crippen LogP contribution >= 0.6 is 23.2 Å². The quantitative estimate of drug-likeness (QED) is 0.273. The van der Waals surface area contributed by atoms with E-state index in [1.54, 1.807) is 17.2 Å². The van der Waals surface area contributed by atoms with E-state index in [1.165, 1.54) is 28.8 Å². The summed E-state index contributed by atoms with van der Waals surface area (Å²) in [5.74, 6) is -1.16. The van der Waals surface area contributed by atoms with Crippen LogP contribution in [-0.2, 0) is 4.79 Å². The van der Waals surface area contributed by atoms with Crippen LogP contribution < -0.4 is 15.2 Å². The van der Waals surface area contributed by atoms with Gasteiger partial charge in [0.05, 0.1) is 33.2 Å². The molecule has 0 radical (unpaired) electrons. The van der Waals surface area contributed by atoms with Crippen LogP contribution in [0.15, 0.2) is 47.9 Å². The van der Waals surface area contributed by atoms with Crippen molar-refractivity contribution in [1.82, 2.24) is 19.4 Å². The van der Waals surface area contributed by atoms with Gasteiger partial charge in [0.25, 0.3) is 0 Å². The summed E-state index contributed by atoms with van der Waals surface area (Å²) in [6, 6.07) is 5.11. The van der Waals surface area contributed by atoms with E-state index in [-0.39, 0.29) is 69.0 Å². The normalized spacial score (nSPS) is 17.8. The second kappa shape index (κ2) is 11.1. The number of carbonyl (C=O) groups is 1. The predicted molar refractivity (Wildman–Crippen MR) is 169 cm³/mol. The van der Waals surface area contributed by atoms with Crippen molar-refractivity contribution in [1.29, 1.82) is 0 Å². The van der Waals surface area contributed by atoms with E-state index in [2.05, 4.69) is 11.6 Å². The Hall–Kier alpha value is -4.15. The van der Waals surface area contributed by atoms with E-state index in [4.69, 9.17) is 32.9 Å². The Morgan fingerprint density at radius 1 is 1.23 bits per heavy atom. The Balaban J connectivity index is 1.70. The lowest BCUT2D eigenvalue weighted by molar-refractivity contribution is -0.129.